The standard InChI is InChI=1S/C21H28N2O3/c24-20-11-10-17(12-23(20)18-8-4-5-9-18)21(25)22-13-19(14-22)26-15-16-6-2-1-3-7-16/h1-3,6-7,17-19H,4-5,8-15H2/t17-/m0/s1. The molecule has 5 heteroatoms. The Balaban J connectivity index is 1.24. The number of amides is 2. The number of nitrogens with zero attached hydrogens (tertiary/aromatic N) is 2. The molecule has 0 N–H and O–H groups in total. The van der Waals surface area contributed by atoms with E-state index in [2.05, 4.69) is 12.1 Å². The predicted molar refractivity (Wildman–Crippen MR) is 98.3 cm³/mol. The molecule has 4 rings (SSSR count). The van der Waals surface area contributed by atoms with E-state index in [4.69, 9.17) is 4.74 Å². The Kier molecular flexibility index (Phi) is 5.25. The molecule has 0 unspecified atom stereocenters. The molecule has 0 bridgehead atoms. The molecule has 2 saturated heterocycles. The van der Waals surface area contributed by atoms with Gasteiger partial charge in [-0.1, -0.05) is 43.2 Å². The molecule has 1 atom stereocenters. The van der Waals surface area contributed by atoms with Gasteiger partial charge in [0, 0.05) is 32.1 Å². The van der Waals surface area contributed by atoms with Crippen LogP contribution in [0.15, 0.2) is 30.3 Å². The van der Waals surface area contributed by atoms with E-state index in [1.807, 2.05) is 28.0 Å². The van der Waals surface area contributed by atoms with Crippen molar-refractivity contribution < 1.29 is 14.3 Å². The smallest absolute Gasteiger partial charge is 0.227 e. The molecule has 0 radical (unpaired) electrons. The minimum Gasteiger partial charge on any atom is -0.370 e. The summed E-state index contributed by atoms with van der Waals surface area (Å²) < 4.78 is 5.89. The molecule has 0 spiro atoms. The Hall–Kier alpha value is -1.88. The Bertz CT molecular complexity index is 636. The molecule has 140 valence electrons. The van der Waals surface area contributed by atoms with Crippen molar-refractivity contribution in [2.75, 3.05) is 19.6 Å². The second kappa shape index (κ2) is 7.78. The summed E-state index contributed by atoms with van der Waals surface area (Å²) in [6.07, 6.45) is 5.98. The highest BCUT2D eigenvalue weighted by atomic mass is 16.5. The third-order valence-electron chi connectivity index (χ3n) is 6.05. The van der Waals surface area contributed by atoms with Crippen LogP contribution in [0, 0.1) is 5.92 Å². The van der Waals surface area contributed by atoms with Crippen LogP contribution in [0.1, 0.15) is 44.1 Å². The van der Waals surface area contributed by atoms with Gasteiger partial charge in [-0.2, -0.15) is 0 Å². The van der Waals surface area contributed by atoms with Gasteiger partial charge in [-0.15, -0.1) is 0 Å². The summed E-state index contributed by atoms with van der Waals surface area (Å²) in [7, 11) is 0. The summed E-state index contributed by atoms with van der Waals surface area (Å²) in [6, 6.07) is 10.5. The van der Waals surface area contributed by atoms with Crippen LogP contribution in [0.2, 0.25) is 0 Å². The minimum absolute atomic E-state index is 0.0247. The van der Waals surface area contributed by atoms with Crippen LogP contribution < -0.4 is 0 Å². The average molecular weight is 356 g/mol. The zero-order valence-corrected chi connectivity index (χ0v) is 15.3. The van der Waals surface area contributed by atoms with Gasteiger partial charge >= 0.3 is 0 Å². The monoisotopic (exact) mass is 356 g/mol. The van der Waals surface area contributed by atoms with E-state index in [1.165, 1.54) is 12.8 Å². The first kappa shape index (κ1) is 17.5. The third kappa shape index (κ3) is 3.78. The maximum atomic E-state index is 12.8. The molecular formula is C21H28N2O3. The number of carbonyl (C=O) groups is 2. The Labute approximate surface area is 155 Å². The average Bonchev–Trinajstić information content (AvgIpc) is 3.16. The van der Waals surface area contributed by atoms with Crippen LogP contribution in [0.25, 0.3) is 0 Å². The Morgan fingerprint density at radius 3 is 2.50 bits per heavy atom. The third-order valence-corrected chi connectivity index (χ3v) is 6.05. The van der Waals surface area contributed by atoms with Gasteiger partial charge in [0.2, 0.25) is 11.8 Å². The van der Waals surface area contributed by atoms with E-state index >= 15 is 0 Å². The maximum absolute atomic E-state index is 12.8. The van der Waals surface area contributed by atoms with E-state index in [0.29, 0.717) is 45.1 Å². The largest absolute Gasteiger partial charge is 0.370 e. The van der Waals surface area contributed by atoms with Crippen LogP contribution in [-0.2, 0) is 20.9 Å². The zero-order chi connectivity index (χ0) is 17.9. The molecule has 3 aliphatic rings. The van der Waals surface area contributed by atoms with Crippen LogP contribution in [0.4, 0.5) is 0 Å². The van der Waals surface area contributed by atoms with Crippen molar-refractivity contribution in [2.45, 2.75) is 57.3 Å². The summed E-state index contributed by atoms with van der Waals surface area (Å²) in [5, 5.41) is 0. The van der Waals surface area contributed by atoms with E-state index in [-0.39, 0.29) is 23.8 Å². The van der Waals surface area contributed by atoms with Crippen molar-refractivity contribution >= 4 is 11.8 Å². The first-order valence-electron chi connectivity index (χ1n) is 9.94. The van der Waals surface area contributed by atoms with Gasteiger partial charge < -0.3 is 14.5 Å². The van der Waals surface area contributed by atoms with Crippen molar-refractivity contribution in [3.8, 4) is 0 Å². The lowest BCUT2D eigenvalue weighted by Gasteiger charge is -2.43. The molecule has 1 aromatic carbocycles. The summed E-state index contributed by atoms with van der Waals surface area (Å²) in [5.74, 6) is 0.428. The van der Waals surface area contributed by atoms with Crippen molar-refractivity contribution in [1.82, 2.24) is 9.80 Å². The van der Waals surface area contributed by atoms with Gasteiger partial charge in [0.05, 0.1) is 18.6 Å². The molecule has 2 heterocycles. The van der Waals surface area contributed by atoms with Crippen LogP contribution in [0.5, 0.6) is 0 Å². The molecule has 1 aromatic rings. The van der Waals surface area contributed by atoms with Gasteiger partial charge in [-0.3, -0.25) is 9.59 Å². The molecular weight excluding hydrogens is 328 g/mol. The van der Waals surface area contributed by atoms with Gasteiger partial charge in [0.15, 0.2) is 0 Å². The van der Waals surface area contributed by atoms with E-state index in [1.54, 1.807) is 0 Å². The van der Waals surface area contributed by atoms with E-state index in [0.717, 1.165) is 18.4 Å². The summed E-state index contributed by atoms with van der Waals surface area (Å²) in [5.41, 5.74) is 1.16. The first-order chi connectivity index (χ1) is 12.7. The van der Waals surface area contributed by atoms with Crippen LogP contribution in [-0.4, -0.2) is 53.4 Å². The number of piperidine rings is 1. The second-order valence-corrected chi connectivity index (χ2v) is 7.88. The fraction of sp³-hybridized carbons (Fsp3) is 0.619. The van der Waals surface area contributed by atoms with Crippen molar-refractivity contribution in [1.29, 1.82) is 0 Å². The Morgan fingerprint density at radius 1 is 1.04 bits per heavy atom. The minimum atomic E-state index is -0.0247. The second-order valence-electron chi connectivity index (χ2n) is 7.88. The number of hydrogen-bond donors (Lipinski definition) is 0. The van der Waals surface area contributed by atoms with Gasteiger partial charge in [0.25, 0.3) is 0 Å². The lowest BCUT2D eigenvalue weighted by Crippen LogP contribution is -2.58. The van der Waals surface area contributed by atoms with Crippen molar-refractivity contribution in [3.63, 3.8) is 0 Å². The molecule has 3 fully saturated rings. The Morgan fingerprint density at radius 2 is 1.77 bits per heavy atom. The van der Waals surface area contributed by atoms with E-state index in [9.17, 15) is 9.59 Å². The van der Waals surface area contributed by atoms with Crippen molar-refractivity contribution in [3.05, 3.63) is 35.9 Å². The maximum Gasteiger partial charge on any atom is 0.227 e. The number of rotatable bonds is 5. The summed E-state index contributed by atoms with van der Waals surface area (Å²) in [4.78, 5) is 29.0. The number of hydrogen-bond acceptors (Lipinski definition) is 3. The molecule has 5 nitrogen and oxygen atoms in total. The van der Waals surface area contributed by atoms with Crippen molar-refractivity contribution in [2.24, 2.45) is 5.92 Å². The normalized spacial score (nSPS) is 24.8. The van der Waals surface area contributed by atoms with Crippen LogP contribution >= 0.6 is 0 Å². The topological polar surface area (TPSA) is 49.9 Å². The van der Waals surface area contributed by atoms with E-state index < -0.39 is 0 Å². The SMILES string of the molecule is O=C([C@H]1CCC(=O)N(C2CCCC2)C1)N1CC(OCc2ccccc2)C1. The molecule has 26 heavy (non-hydrogen) atoms. The molecule has 1 saturated carbocycles. The molecule has 1 aliphatic carbocycles. The number of carbonyl (C=O) groups excluding carboxylic acids is 2. The molecule has 2 aliphatic heterocycles. The molecule has 2 amide bonds. The number of ether oxygens (including phenoxy) is 1. The highest BCUT2D eigenvalue weighted by Crippen LogP contribution is 2.30. The van der Waals surface area contributed by atoms with Crippen LogP contribution in [0.3, 0.4) is 0 Å². The fourth-order valence-corrected chi connectivity index (χ4v) is 4.41. The highest BCUT2D eigenvalue weighted by Gasteiger charge is 2.40. The first-order valence-corrected chi connectivity index (χ1v) is 9.94. The van der Waals surface area contributed by atoms with Gasteiger partial charge in [-0.25, -0.2) is 0 Å². The summed E-state index contributed by atoms with van der Waals surface area (Å²) in [6.45, 7) is 2.58. The number of benzene rings is 1. The summed E-state index contributed by atoms with van der Waals surface area (Å²) >= 11 is 0. The predicted octanol–water partition coefficient (Wildman–Crippen LogP) is 2.60. The van der Waals surface area contributed by atoms with Gasteiger partial charge in [0.1, 0.15) is 0 Å². The van der Waals surface area contributed by atoms with Gasteiger partial charge in [-0.05, 0) is 24.8 Å². The molecule has 0 aromatic heterocycles. The quantitative estimate of drug-likeness (QED) is 0.815. The lowest BCUT2D eigenvalue weighted by atomic mass is 9.93. The fourth-order valence-electron chi connectivity index (χ4n) is 4.41. The lowest BCUT2D eigenvalue weighted by molar-refractivity contribution is -0.155. The number of likely N-dealkylation sites (tertiary alicyclic amines) is 2. The highest BCUT2D eigenvalue weighted by molar-refractivity contribution is 5.84. The zero-order valence-electron chi connectivity index (χ0n) is 15.3.